The van der Waals surface area contributed by atoms with Crippen LogP contribution in [0.15, 0.2) is 64.8 Å². The first-order valence-corrected chi connectivity index (χ1v) is 14.0. The quantitative estimate of drug-likeness (QED) is 0.0650. The molecule has 19 heteroatoms. The fraction of sp³-hybridized carbons (Fsp3) is 0.241. The summed E-state index contributed by atoms with van der Waals surface area (Å²) in [6, 6.07) is 13.1. The van der Waals surface area contributed by atoms with Crippen molar-refractivity contribution in [3.8, 4) is 5.75 Å². The van der Waals surface area contributed by atoms with Crippen molar-refractivity contribution < 1.29 is 48.0 Å². The van der Waals surface area contributed by atoms with E-state index < -0.39 is 69.0 Å². The number of methoxy groups -OCH3 is 1. The standard InChI is InChI=1S/C29H27ClN6O12/c1-17(37)32-21-12-23(25(45-2)13-22(21)33-34-29-20(30)10-19(35(41)42)11-24(29)36(43)44)31-9-8-26(38)47-15-28(40)48-16-27(39)46-14-18-6-4-3-5-7-18/h3-7,10-13,31H,8-9,14-16H2,1-2H3,(H,32,37). The molecule has 2 N–H and O–H groups in total. The molecule has 0 unspecified atom stereocenters. The molecule has 0 fully saturated rings. The molecule has 3 aromatic rings. The van der Waals surface area contributed by atoms with Gasteiger partial charge in [-0.05, 0) is 11.6 Å². The van der Waals surface area contributed by atoms with Crippen LogP contribution in [0, 0.1) is 20.2 Å². The number of hydrogen-bond donors (Lipinski definition) is 2. The van der Waals surface area contributed by atoms with Gasteiger partial charge < -0.3 is 29.6 Å². The third-order valence-corrected chi connectivity index (χ3v) is 6.20. The molecule has 0 saturated heterocycles. The third-order valence-electron chi connectivity index (χ3n) is 5.91. The topological polar surface area (TPSA) is 240 Å². The molecule has 0 aliphatic heterocycles. The van der Waals surface area contributed by atoms with Gasteiger partial charge in [-0.3, -0.25) is 29.8 Å². The number of nitro benzene ring substituents is 2. The molecule has 1 amide bonds. The summed E-state index contributed by atoms with van der Waals surface area (Å²) in [6.07, 6.45) is -0.227. The molecule has 48 heavy (non-hydrogen) atoms. The Labute approximate surface area is 276 Å². The van der Waals surface area contributed by atoms with Crippen molar-refractivity contribution in [1.29, 1.82) is 0 Å². The molecular weight excluding hydrogens is 660 g/mol. The predicted molar refractivity (Wildman–Crippen MR) is 167 cm³/mol. The molecule has 0 aliphatic carbocycles. The summed E-state index contributed by atoms with van der Waals surface area (Å²) < 4.78 is 20.0. The molecule has 0 aromatic heterocycles. The highest BCUT2D eigenvalue weighted by Gasteiger charge is 2.24. The van der Waals surface area contributed by atoms with Crippen LogP contribution >= 0.6 is 11.6 Å². The second-order valence-electron chi connectivity index (χ2n) is 9.40. The van der Waals surface area contributed by atoms with Crippen molar-refractivity contribution in [3.63, 3.8) is 0 Å². The Bertz CT molecular complexity index is 1740. The second kappa shape index (κ2) is 17.5. The van der Waals surface area contributed by atoms with Gasteiger partial charge in [0, 0.05) is 25.6 Å². The third kappa shape index (κ3) is 11.0. The highest BCUT2D eigenvalue weighted by atomic mass is 35.5. The van der Waals surface area contributed by atoms with Crippen molar-refractivity contribution in [2.24, 2.45) is 10.2 Å². The van der Waals surface area contributed by atoms with Crippen molar-refractivity contribution in [3.05, 3.63) is 85.4 Å². The van der Waals surface area contributed by atoms with Gasteiger partial charge in [-0.25, -0.2) is 9.59 Å². The number of nitrogens with zero attached hydrogens (tertiary/aromatic N) is 4. The van der Waals surface area contributed by atoms with Gasteiger partial charge >= 0.3 is 23.6 Å². The molecule has 0 spiro atoms. The van der Waals surface area contributed by atoms with E-state index in [0.29, 0.717) is 6.07 Å². The van der Waals surface area contributed by atoms with E-state index in [0.717, 1.165) is 11.6 Å². The monoisotopic (exact) mass is 686 g/mol. The lowest BCUT2D eigenvalue weighted by Gasteiger charge is -2.15. The fourth-order valence-corrected chi connectivity index (χ4v) is 3.98. The molecule has 3 aromatic carbocycles. The molecule has 0 heterocycles. The van der Waals surface area contributed by atoms with Crippen molar-refractivity contribution in [2.75, 3.05) is 37.5 Å². The van der Waals surface area contributed by atoms with Crippen LogP contribution in [-0.4, -0.2) is 60.5 Å². The maximum Gasteiger partial charge on any atom is 0.344 e. The minimum absolute atomic E-state index is 0.00493. The molecular formula is C29H27ClN6O12. The number of amides is 1. The van der Waals surface area contributed by atoms with E-state index >= 15 is 0 Å². The van der Waals surface area contributed by atoms with Crippen LogP contribution in [-0.2, 0) is 40.0 Å². The highest BCUT2D eigenvalue weighted by molar-refractivity contribution is 6.33. The molecule has 252 valence electrons. The van der Waals surface area contributed by atoms with Crippen LogP contribution in [0.3, 0.4) is 0 Å². The highest BCUT2D eigenvalue weighted by Crippen LogP contribution is 2.42. The number of carbonyl (C=O) groups is 4. The minimum atomic E-state index is -0.959. The van der Waals surface area contributed by atoms with Gasteiger partial charge in [0.15, 0.2) is 18.9 Å². The summed E-state index contributed by atoms with van der Waals surface area (Å²) >= 11 is 6.03. The van der Waals surface area contributed by atoms with Gasteiger partial charge in [-0.2, -0.15) is 0 Å². The number of carbonyl (C=O) groups excluding carboxylic acids is 4. The molecule has 0 radical (unpaired) electrons. The number of rotatable bonds is 16. The summed E-state index contributed by atoms with van der Waals surface area (Å²) in [5.41, 5.74) is -0.786. The Kier molecular flexibility index (Phi) is 13.2. The van der Waals surface area contributed by atoms with Gasteiger partial charge in [0.2, 0.25) is 5.91 Å². The van der Waals surface area contributed by atoms with Gasteiger partial charge in [0.25, 0.3) is 5.69 Å². The Hall–Kier alpha value is -6.17. The lowest BCUT2D eigenvalue weighted by Crippen LogP contribution is -2.22. The number of anilines is 2. The lowest BCUT2D eigenvalue weighted by molar-refractivity contribution is -0.393. The average Bonchev–Trinajstić information content (AvgIpc) is 3.05. The first-order chi connectivity index (χ1) is 22.9. The van der Waals surface area contributed by atoms with Crippen LogP contribution < -0.4 is 15.4 Å². The van der Waals surface area contributed by atoms with Crippen LogP contribution in [0.2, 0.25) is 5.02 Å². The first-order valence-electron chi connectivity index (χ1n) is 13.7. The number of hydrogen-bond acceptors (Lipinski definition) is 15. The Morgan fingerprint density at radius 1 is 0.854 bits per heavy atom. The summed E-state index contributed by atoms with van der Waals surface area (Å²) in [7, 11) is 1.31. The zero-order valence-electron chi connectivity index (χ0n) is 25.3. The van der Waals surface area contributed by atoms with E-state index in [9.17, 15) is 39.4 Å². The predicted octanol–water partition coefficient (Wildman–Crippen LogP) is 5.17. The number of non-ortho nitro benzene ring substituents is 1. The second-order valence-corrected chi connectivity index (χ2v) is 9.81. The minimum Gasteiger partial charge on any atom is -0.495 e. The molecule has 0 bridgehead atoms. The first kappa shape index (κ1) is 36.3. The van der Waals surface area contributed by atoms with E-state index in [1.807, 2.05) is 6.07 Å². The smallest absolute Gasteiger partial charge is 0.344 e. The maximum absolute atomic E-state index is 12.2. The van der Waals surface area contributed by atoms with E-state index in [4.69, 9.17) is 30.5 Å². The van der Waals surface area contributed by atoms with Gasteiger partial charge in [0.1, 0.15) is 18.0 Å². The summed E-state index contributed by atoms with van der Waals surface area (Å²) in [5.74, 6) is -2.88. The van der Waals surface area contributed by atoms with E-state index in [1.165, 1.54) is 26.2 Å². The number of halogens is 1. The molecule has 0 saturated carbocycles. The normalized spacial score (nSPS) is 10.6. The Morgan fingerprint density at radius 2 is 1.52 bits per heavy atom. The number of esters is 3. The van der Waals surface area contributed by atoms with Gasteiger partial charge in [-0.15, -0.1) is 10.2 Å². The number of ether oxygens (including phenoxy) is 4. The summed E-state index contributed by atoms with van der Waals surface area (Å²) in [4.78, 5) is 68.5. The van der Waals surface area contributed by atoms with Crippen molar-refractivity contribution in [1.82, 2.24) is 0 Å². The van der Waals surface area contributed by atoms with Crippen LogP contribution in [0.5, 0.6) is 5.75 Å². The number of benzene rings is 3. The number of nitrogens with one attached hydrogen (secondary N) is 2. The lowest BCUT2D eigenvalue weighted by atomic mass is 10.2. The van der Waals surface area contributed by atoms with Crippen LogP contribution in [0.25, 0.3) is 0 Å². The zero-order chi connectivity index (χ0) is 35.2. The molecule has 18 nitrogen and oxygen atoms in total. The number of azo groups is 1. The van der Waals surface area contributed by atoms with Crippen molar-refractivity contribution in [2.45, 2.75) is 20.0 Å². The zero-order valence-corrected chi connectivity index (χ0v) is 26.1. The van der Waals surface area contributed by atoms with Crippen molar-refractivity contribution >= 4 is 69.5 Å². The van der Waals surface area contributed by atoms with Gasteiger partial charge in [0.05, 0.1) is 45.8 Å². The maximum atomic E-state index is 12.2. The fourth-order valence-electron chi connectivity index (χ4n) is 3.74. The van der Waals surface area contributed by atoms with Crippen LogP contribution in [0.4, 0.5) is 34.1 Å². The van der Waals surface area contributed by atoms with E-state index in [1.54, 1.807) is 24.3 Å². The molecule has 3 rings (SSSR count). The van der Waals surface area contributed by atoms with E-state index in [2.05, 4.69) is 20.9 Å². The van der Waals surface area contributed by atoms with E-state index in [-0.39, 0.29) is 42.4 Å². The summed E-state index contributed by atoms with van der Waals surface area (Å²) in [5, 5.41) is 35.4. The molecule has 0 atom stereocenters. The van der Waals surface area contributed by atoms with Crippen LogP contribution in [0.1, 0.15) is 18.9 Å². The number of nitro groups is 2. The molecule has 0 aliphatic rings. The average molecular weight is 687 g/mol. The SMILES string of the molecule is COc1cc(N=Nc2c(Cl)cc([N+](=O)[O-])cc2[N+](=O)[O-])c(NC(C)=O)cc1NCCC(=O)OCC(=O)OCC(=O)OCc1ccccc1. The van der Waals surface area contributed by atoms with Gasteiger partial charge in [-0.1, -0.05) is 41.9 Å². The largest absolute Gasteiger partial charge is 0.495 e. The Morgan fingerprint density at radius 3 is 2.15 bits per heavy atom. The summed E-state index contributed by atoms with van der Waals surface area (Å²) in [6.45, 7) is -0.205. The Balaban J connectivity index is 1.60.